The average molecular weight is 278 g/mol. The quantitative estimate of drug-likeness (QED) is 0.841. The smallest absolute Gasteiger partial charge is 0.0200 e. The van der Waals surface area contributed by atoms with Crippen LogP contribution in [-0.4, -0.2) is 36.6 Å². The highest BCUT2D eigenvalue weighted by Crippen LogP contribution is 2.34. The van der Waals surface area contributed by atoms with Crippen LogP contribution in [0.15, 0.2) is 0 Å². The second kappa shape index (κ2) is 6.79. The fourth-order valence-electron chi connectivity index (χ4n) is 5.06. The van der Waals surface area contributed by atoms with Crippen molar-refractivity contribution in [3.8, 4) is 0 Å². The summed E-state index contributed by atoms with van der Waals surface area (Å²) in [6.45, 7) is 3.65. The first-order valence-corrected chi connectivity index (χ1v) is 9.22. The van der Waals surface area contributed by atoms with E-state index < -0.39 is 0 Å². The van der Waals surface area contributed by atoms with E-state index in [0.717, 1.165) is 30.0 Å². The van der Waals surface area contributed by atoms with Gasteiger partial charge in [0.15, 0.2) is 0 Å². The van der Waals surface area contributed by atoms with E-state index in [9.17, 15) is 0 Å². The Labute approximate surface area is 125 Å². The molecule has 0 bridgehead atoms. The van der Waals surface area contributed by atoms with Crippen molar-refractivity contribution in [3.63, 3.8) is 0 Å². The number of likely N-dealkylation sites (N-methyl/N-ethyl adjacent to an activating group) is 1. The zero-order valence-corrected chi connectivity index (χ0v) is 13.6. The normalized spacial score (nSPS) is 41.9. The summed E-state index contributed by atoms with van der Waals surface area (Å²) in [7, 11) is 2.38. The third-order valence-electron chi connectivity index (χ3n) is 6.47. The monoisotopic (exact) mass is 278 g/mol. The van der Waals surface area contributed by atoms with Gasteiger partial charge in [0.1, 0.15) is 0 Å². The first-order chi connectivity index (χ1) is 9.76. The van der Waals surface area contributed by atoms with E-state index in [1.54, 1.807) is 0 Å². The molecule has 1 saturated heterocycles. The molecule has 1 heterocycles. The van der Waals surface area contributed by atoms with Crippen molar-refractivity contribution < 1.29 is 0 Å². The molecule has 1 aliphatic heterocycles. The Balaban J connectivity index is 1.44. The van der Waals surface area contributed by atoms with Gasteiger partial charge in [-0.2, -0.15) is 0 Å². The van der Waals surface area contributed by atoms with Gasteiger partial charge < -0.3 is 10.2 Å². The third-order valence-corrected chi connectivity index (χ3v) is 6.47. The summed E-state index contributed by atoms with van der Waals surface area (Å²) in [5.74, 6) is 2.02. The maximum absolute atomic E-state index is 3.94. The molecule has 20 heavy (non-hydrogen) atoms. The van der Waals surface area contributed by atoms with Gasteiger partial charge in [-0.25, -0.2) is 0 Å². The summed E-state index contributed by atoms with van der Waals surface area (Å²) in [5.41, 5.74) is 0. The molecule has 0 spiro atoms. The molecule has 3 fully saturated rings. The molecule has 3 rings (SSSR count). The lowest BCUT2D eigenvalue weighted by atomic mass is 9.83. The van der Waals surface area contributed by atoms with Crippen LogP contribution in [0.3, 0.4) is 0 Å². The van der Waals surface area contributed by atoms with Crippen LogP contribution >= 0.6 is 0 Å². The number of nitrogens with one attached hydrogen (secondary N) is 1. The SMILES string of the molecule is CCC1CCC(N(C)CC2CC3CCCCC3N2)CC1. The molecule has 0 aromatic heterocycles. The number of hydrogen-bond acceptors (Lipinski definition) is 2. The van der Waals surface area contributed by atoms with Gasteiger partial charge in [0, 0.05) is 24.7 Å². The first kappa shape index (κ1) is 14.8. The Morgan fingerprint density at radius 2 is 1.75 bits per heavy atom. The molecule has 2 nitrogen and oxygen atoms in total. The van der Waals surface area contributed by atoms with Crippen LogP contribution in [-0.2, 0) is 0 Å². The third kappa shape index (κ3) is 3.39. The van der Waals surface area contributed by atoms with Gasteiger partial charge in [-0.1, -0.05) is 26.2 Å². The molecule has 2 heteroatoms. The highest BCUT2D eigenvalue weighted by Gasteiger charge is 2.36. The molecule has 116 valence electrons. The van der Waals surface area contributed by atoms with Crippen LogP contribution < -0.4 is 5.32 Å². The Morgan fingerprint density at radius 3 is 2.45 bits per heavy atom. The summed E-state index contributed by atoms with van der Waals surface area (Å²) in [4.78, 5) is 2.68. The zero-order chi connectivity index (χ0) is 13.9. The molecule has 1 N–H and O–H groups in total. The molecule has 2 aliphatic carbocycles. The lowest BCUT2D eigenvalue weighted by Gasteiger charge is -2.35. The lowest BCUT2D eigenvalue weighted by Crippen LogP contribution is -2.44. The summed E-state index contributed by atoms with van der Waals surface area (Å²) in [6, 6.07) is 2.50. The number of hydrogen-bond donors (Lipinski definition) is 1. The van der Waals surface area contributed by atoms with Crippen molar-refractivity contribution in [1.29, 1.82) is 0 Å². The molecule has 0 amide bonds. The van der Waals surface area contributed by atoms with Crippen LogP contribution in [0.1, 0.15) is 71.1 Å². The average Bonchev–Trinajstić information content (AvgIpc) is 2.89. The molecule has 3 atom stereocenters. The fourth-order valence-corrected chi connectivity index (χ4v) is 5.06. The Bertz CT molecular complexity index is 282. The maximum atomic E-state index is 3.94. The van der Waals surface area contributed by atoms with Crippen molar-refractivity contribution in [2.45, 2.75) is 89.3 Å². The molecule has 3 aliphatic rings. The van der Waals surface area contributed by atoms with Gasteiger partial charge >= 0.3 is 0 Å². The van der Waals surface area contributed by atoms with Crippen molar-refractivity contribution >= 4 is 0 Å². The standard InChI is InChI=1S/C18H34N2/c1-3-14-8-10-17(11-9-14)20(2)13-16-12-15-6-4-5-7-18(15)19-16/h14-19H,3-13H2,1-2H3. The van der Waals surface area contributed by atoms with Crippen LogP contribution in [0.5, 0.6) is 0 Å². The van der Waals surface area contributed by atoms with E-state index in [1.807, 2.05) is 0 Å². The molecule has 0 aromatic carbocycles. The van der Waals surface area contributed by atoms with E-state index in [-0.39, 0.29) is 0 Å². The Hall–Kier alpha value is -0.0800. The number of nitrogens with zero attached hydrogens (tertiary/aromatic N) is 1. The minimum absolute atomic E-state index is 0.775. The minimum Gasteiger partial charge on any atom is -0.310 e. The van der Waals surface area contributed by atoms with Gasteiger partial charge in [-0.05, 0) is 63.8 Å². The summed E-state index contributed by atoms with van der Waals surface area (Å²) >= 11 is 0. The van der Waals surface area contributed by atoms with Crippen molar-refractivity contribution in [1.82, 2.24) is 10.2 Å². The Morgan fingerprint density at radius 1 is 1.00 bits per heavy atom. The lowest BCUT2D eigenvalue weighted by molar-refractivity contribution is 0.152. The molecule has 3 unspecified atom stereocenters. The molecular weight excluding hydrogens is 244 g/mol. The first-order valence-electron chi connectivity index (χ1n) is 9.22. The molecule has 0 aromatic rings. The van der Waals surface area contributed by atoms with E-state index in [0.29, 0.717) is 0 Å². The van der Waals surface area contributed by atoms with Crippen LogP contribution in [0.25, 0.3) is 0 Å². The molecule has 2 saturated carbocycles. The van der Waals surface area contributed by atoms with Crippen LogP contribution in [0.4, 0.5) is 0 Å². The molecule has 0 radical (unpaired) electrons. The maximum Gasteiger partial charge on any atom is 0.0200 e. The van der Waals surface area contributed by atoms with E-state index >= 15 is 0 Å². The predicted molar refractivity (Wildman–Crippen MR) is 86.0 cm³/mol. The van der Waals surface area contributed by atoms with Crippen molar-refractivity contribution in [2.24, 2.45) is 11.8 Å². The fraction of sp³-hybridized carbons (Fsp3) is 1.00. The van der Waals surface area contributed by atoms with E-state index in [1.165, 1.54) is 70.8 Å². The zero-order valence-electron chi connectivity index (χ0n) is 13.6. The minimum atomic E-state index is 0.775. The van der Waals surface area contributed by atoms with Crippen molar-refractivity contribution in [3.05, 3.63) is 0 Å². The van der Waals surface area contributed by atoms with Gasteiger partial charge in [-0.3, -0.25) is 0 Å². The second-order valence-electron chi connectivity index (χ2n) is 7.77. The van der Waals surface area contributed by atoms with E-state index in [4.69, 9.17) is 0 Å². The van der Waals surface area contributed by atoms with E-state index in [2.05, 4.69) is 24.2 Å². The van der Waals surface area contributed by atoms with Gasteiger partial charge in [0.25, 0.3) is 0 Å². The highest BCUT2D eigenvalue weighted by atomic mass is 15.2. The topological polar surface area (TPSA) is 15.3 Å². The van der Waals surface area contributed by atoms with Crippen molar-refractivity contribution in [2.75, 3.05) is 13.6 Å². The summed E-state index contributed by atoms with van der Waals surface area (Å²) in [5, 5.41) is 3.94. The molecular formula is C18H34N2. The van der Waals surface area contributed by atoms with Crippen LogP contribution in [0.2, 0.25) is 0 Å². The largest absolute Gasteiger partial charge is 0.310 e. The van der Waals surface area contributed by atoms with Gasteiger partial charge in [0.2, 0.25) is 0 Å². The highest BCUT2D eigenvalue weighted by molar-refractivity contribution is 4.94. The van der Waals surface area contributed by atoms with Gasteiger partial charge in [0.05, 0.1) is 0 Å². The second-order valence-corrected chi connectivity index (χ2v) is 7.77. The van der Waals surface area contributed by atoms with Gasteiger partial charge in [-0.15, -0.1) is 0 Å². The summed E-state index contributed by atoms with van der Waals surface area (Å²) in [6.07, 6.45) is 14.5. The Kier molecular flexibility index (Phi) is 5.04. The predicted octanol–water partition coefficient (Wildman–Crippen LogP) is 3.81. The number of rotatable bonds is 4. The number of fused-ring (bicyclic) bond motifs is 1. The van der Waals surface area contributed by atoms with Crippen LogP contribution in [0, 0.1) is 11.8 Å². The summed E-state index contributed by atoms with van der Waals surface area (Å²) < 4.78 is 0.